The number of halogens is 2. The van der Waals surface area contributed by atoms with E-state index in [0.29, 0.717) is 0 Å². The van der Waals surface area contributed by atoms with Crippen LogP contribution in [0, 0.1) is 11.6 Å². The SMILES string of the molecule is NS(=O)(=O)c1cc(F)ccc1OCc1ccccc1F. The van der Waals surface area contributed by atoms with E-state index in [0.717, 1.165) is 18.2 Å². The van der Waals surface area contributed by atoms with Crippen LogP contribution in [0.15, 0.2) is 47.4 Å². The molecule has 0 aliphatic carbocycles. The van der Waals surface area contributed by atoms with Gasteiger partial charge in [0.05, 0.1) is 0 Å². The summed E-state index contributed by atoms with van der Waals surface area (Å²) in [5, 5.41) is 4.98. The molecule has 0 unspecified atom stereocenters. The third-order valence-electron chi connectivity index (χ3n) is 2.55. The van der Waals surface area contributed by atoms with E-state index >= 15 is 0 Å². The fraction of sp³-hybridized carbons (Fsp3) is 0.0769. The maximum Gasteiger partial charge on any atom is 0.241 e. The molecule has 0 fully saturated rings. The highest BCUT2D eigenvalue weighted by Gasteiger charge is 2.16. The largest absolute Gasteiger partial charge is 0.487 e. The Hall–Kier alpha value is -1.99. The average molecular weight is 299 g/mol. The number of nitrogens with two attached hydrogens (primary N) is 1. The second kappa shape index (κ2) is 5.56. The van der Waals surface area contributed by atoms with Crippen molar-refractivity contribution in [3.05, 3.63) is 59.7 Å². The van der Waals surface area contributed by atoms with Crippen LogP contribution < -0.4 is 9.88 Å². The molecule has 4 nitrogen and oxygen atoms in total. The van der Waals surface area contributed by atoms with E-state index in [1.165, 1.54) is 18.2 Å². The number of ether oxygens (including phenoxy) is 1. The maximum absolute atomic E-state index is 13.4. The van der Waals surface area contributed by atoms with Gasteiger partial charge in [0.15, 0.2) is 0 Å². The Labute approximate surface area is 114 Å². The van der Waals surface area contributed by atoms with Gasteiger partial charge in [-0.15, -0.1) is 0 Å². The van der Waals surface area contributed by atoms with Gasteiger partial charge < -0.3 is 4.74 Å². The first kappa shape index (κ1) is 14.4. The minimum Gasteiger partial charge on any atom is -0.487 e. The van der Waals surface area contributed by atoms with Crippen molar-refractivity contribution in [3.8, 4) is 5.75 Å². The highest BCUT2D eigenvalue weighted by molar-refractivity contribution is 7.89. The van der Waals surface area contributed by atoms with Crippen molar-refractivity contribution in [1.29, 1.82) is 0 Å². The van der Waals surface area contributed by atoms with Crippen molar-refractivity contribution in [3.63, 3.8) is 0 Å². The molecule has 106 valence electrons. The molecule has 0 aliphatic rings. The van der Waals surface area contributed by atoms with Crippen molar-refractivity contribution in [2.24, 2.45) is 5.14 Å². The molecule has 0 spiro atoms. The van der Waals surface area contributed by atoms with Crippen LogP contribution in [0.2, 0.25) is 0 Å². The number of hydrogen-bond donors (Lipinski definition) is 1. The van der Waals surface area contributed by atoms with Crippen LogP contribution in [0.3, 0.4) is 0 Å². The van der Waals surface area contributed by atoms with E-state index < -0.39 is 26.6 Å². The van der Waals surface area contributed by atoms with E-state index in [-0.39, 0.29) is 17.9 Å². The zero-order valence-electron chi connectivity index (χ0n) is 10.2. The molecule has 0 saturated heterocycles. The van der Waals surface area contributed by atoms with Crippen LogP contribution in [-0.4, -0.2) is 8.42 Å². The molecule has 2 aromatic rings. The standard InChI is InChI=1S/C13H11F2NO3S/c14-10-5-6-12(13(7-10)20(16,17)18)19-8-9-3-1-2-4-11(9)15/h1-7H,8H2,(H2,16,17,18). The maximum atomic E-state index is 13.4. The highest BCUT2D eigenvalue weighted by atomic mass is 32.2. The fourth-order valence-corrected chi connectivity index (χ4v) is 2.28. The molecule has 2 aromatic carbocycles. The molecule has 0 aromatic heterocycles. The van der Waals surface area contributed by atoms with Crippen LogP contribution in [0.5, 0.6) is 5.75 Å². The number of benzene rings is 2. The van der Waals surface area contributed by atoms with Crippen molar-refractivity contribution in [1.82, 2.24) is 0 Å². The van der Waals surface area contributed by atoms with E-state index in [1.54, 1.807) is 6.07 Å². The summed E-state index contributed by atoms with van der Waals surface area (Å²) < 4.78 is 54.4. The molecular weight excluding hydrogens is 288 g/mol. The third-order valence-corrected chi connectivity index (χ3v) is 3.49. The smallest absolute Gasteiger partial charge is 0.241 e. The van der Waals surface area contributed by atoms with Gasteiger partial charge in [-0.2, -0.15) is 0 Å². The average Bonchev–Trinajstić information content (AvgIpc) is 2.38. The number of hydrogen-bond acceptors (Lipinski definition) is 3. The summed E-state index contributed by atoms with van der Waals surface area (Å²) in [5.74, 6) is -1.36. The zero-order chi connectivity index (χ0) is 14.8. The lowest BCUT2D eigenvalue weighted by molar-refractivity contribution is 0.291. The van der Waals surface area contributed by atoms with Crippen molar-refractivity contribution < 1.29 is 21.9 Å². The molecule has 2 N–H and O–H groups in total. The molecule has 0 heterocycles. The molecule has 2 rings (SSSR count). The van der Waals surface area contributed by atoms with E-state index in [2.05, 4.69) is 0 Å². The Morgan fingerprint density at radius 2 is 1.80 bits per heavy atom. The predicted molar refractivity (Wildman–Crippen MR) is 68.5 cm³/mol. The van der Waals surface area contributed by atoms with Crippen LogP contribution in [-0.2, 0) is 16.6 Å². The Kier molecular flexibility index (Phi) is 4.01. The van der Waals surface area contributed by atoms with Crippen molar-refractivity contribution in [2.45, 2.75) is 11.5 Å². The minimum absolute atomic E-state index is 0.128. The topological polar surface area (TPSA) is 69.4 Å². The van der Waals surface area contributed by atoms with Gasteiger partial charge in [-0.05, 0) is 24.3 Å². The van der Waals surface area contributed by atoms with Crippen molar-refractivity contribution >= 4 is 10.0 Å². The fourth-order valence-electron chi connectivity index (χ4n) is 1.59. The number of sulfonamides is 1. The van der Waals surface area contributed by atoms with Gasteiger partial charge in [-0.25, -0.2) is 22.3 Å². The lowest BCUT2D eigenvalue weighted by Gasteiger charge is -2.10. The molecule has 0 aliphatic heterocycles. The lowest BCUT2D eigenvalue weighted by Crippen LogP contribution is -2.14. The quantitative estimate of drug-likeness (QED) is 0.941. The van der Waals surface area contributed by atoms with Gasteiger partial charge in [0, 0.05) is 5.56 Å². The highest BCUT2D eigenvalue weighted by Crippen LogP contribution is 2.24. The first-order chi connectivity index (χ1) is 9.38. The molecule has 0 atom stereocenters. The van der Waals surface area contributed by atoms with Gasteiger partial charge in [-0.3, -0.25) is 0 Å². The summed E-state index contributed by atoms with van der Waals surface area (Å²) in [4.78, 5) is -0.478. The Balaban J connectivity index is 2.29. The molecule has 0 radical (unpaired) electrons. The monoisotopic (exact) mass is 299 g/mol. The molecule has 20 heavy (non-hydrogen) atoms. The van der Waals surface area contributed by atoms with Crippen LogP contribution in [0.1, 0.15) is 5.56 Å². The van der Waals surface area contributed by atoms with E-state index in [4.69, 9.17) is 9.88 Å². The van der Waals surface area contributed by atoms with Crippen LogP contribution in [0.25, 0.3) is 0 Å². The Morgan fingerprint density at radius 1 is 1.10 bits per heavy atom. The van der Waals surface area contributed by atoms with Crippen molar-refractivity contribution in [2.75, 3.05) is 0 Å². The van der Waals surface area contributed by atoms with Gasteiger partial charge in [0.2, 0.25) is 10.0 Å². The first-order valence-corrected chi connectivity index (χ1v) is 7.11. The molecule has 0 amide bonds. The van der Waals surface area contributed by atoms with E-state index in [9.17, 15) is 17.2 Å². The second-order valence-electron chi connectivity index (χ2n) is 4.02. The van der Waals surface area contributed by atoms with Crippen LogP contribution in [0.4, 0.5) is 8.78 Å². The summed E-state index contributed by atoms with van der Waals surface area (Å²) in [5.41, 5.74) is 0.247. The summed E-state index contributed by atoms with van der Waals surface area (Å²) in [6.45, 7) is -0.194. The van der Waals surface area contributed by atoms with Gasteiger partial charge in [0.1, 0.15) is 28.9 Å². The molecular formula is C13H11F2NO3S. The number of rotatable bonds is 4. The Bertz CT molecular complexity index is 732. The number of primary sulfonamides is 1. The summed E-state index contributed by atoms with van der Waals surface area (Å²) >= 11 is 0. The lowest BCUT2D eigenvalue weighted by atomic mass is 10.2. The first-order valence-electron chi connectivity index (χ1n) is 5.56. The zero-order valence-corrected chi connectivity index (χ0v) is 11.0. The summed E-state index contributed by atoms with van der Waals surface area (Å²) in [6.07, 6.45) is 0. The minimum atomic E-state index is -4.13. The third kappa shape index (κ3) is 3.31. The normalized spacial score (nSPS) is 11.3. The predicted octanol–water partition coefficient (Wildman–Crippen LogP) is 2.19. The van der Waals surface area contributed by atoms with Gasteiger partial charge in [0.25, 0.3) is 0 Å². The summed E-state index contributed by atoms with van der Waals surface area (Å²) in [6, 6.07) is 8.81. The molecule has 0 saturated carbocycles. The Morgan fingerprint density at radius 3 is 2.45 bits per heavy atom. The van der Waals surface area contributed by atoms with Gasteiger partial charge in [-0.1, -0.05) is 18.2 Å². The van der Waals surface area contributed by atoms with Gasteiger partial charge >= 0.3 is 0 Å². The summed E-state index contributed by atoms with van der Waals surface area (Å²) in [7, 11) is -4.13. The molecule has 7 heteroatoms. The van der Waals surface area contributed by atoms with E-state index in [1.807, 2.05) is 0 Å². The molecule has 0 bridgehead atoms. The van der Waals surface area contributed by atoms with Crippen LogP contribution >= 0.6 is 0 Å². The second-order valence-corrected chi connectivity index (χ2v) is 5.55.